The molecule has 0 bridgehead atoms. The van der Waals surface area contributed by atoms with Crippen molar-refractivity contribution in [3.8, 4) is 5.75 Å². The summed E-state index contributed by atoms with van der Waals surface area (Å²) in [5, 5.41) is 1.07. The van der Waals surface area contributed by atoms with Gasteiger partial charge >= 0.3 is 0 Å². The quantitative estimate of drug-likeness (QED) is 0.787. The number of sulfonamides is 1. The minimum Gasteiger partial charge on any atom is -0.495 e. The fourth-order valence-corrected chi connectivity index (χ4v) is 4.55. The summed E-state index contributed by atoms with van der Waals surface area (Å²) in [5.41, 5.74) is 1.04. The van der Waals surface area contributed by atoms with Crippen LogP contribution in [0.25, 0.3) is 0 Å². The summed E-state index contributed by atoms with van der Waals surface area (Å²) >= 11 is 11.9. The summed E-state index contributed by atoms with van der Waals surface area (Å²) < 4.78 is 32.3. The number of hydrogen-bond donors (Lipinski definition) is 0. The molecular formula is C17H18Cl2N2O3S. The Morgan fingerprint density at radius 3 is 2.20 bits per heavy atom. The number of rotatable bonds is 4. The van der Waals surface area contributed by atoms with E-state index in [-0.39, 0.29) is 4.90 Å². The van der Waals surface area contributed by atoms with E-state index in [0.717, 1.165) is 5.69 Å². The first-order valence-electron chi connectivity index (χ1n) is 7.76. The lowest BCUT2D eigenvalue weighted by Crippen LogP contribution is -2.48. The van der Waals surface area contributed by atoms with Gasteiger partial charge in [0, 0.05) is 43.0 Å². The van der Waals surface area contributed by atoms with Crippen molar-refractivity contribution in [2.45, 2.75) is 4.90 Å². The second kappa shape index (κ2) is 7.41. The van der Waals surface area contributed by atoms with Crippen molar-refractivity contribution in [1.82, 2.24) is 4.31 Å². The van der Waals surface area contributed by atoms with E-state index < -0.39 is 10.0 Å². The van der Waals surface area contributed by atoms with Crippen LogP contribution in [0.1, 0.15) is 0 Å². The van der Waals surface area contributed by atoms with Gasteiger partial charge in [-0.1, -0.05) is 23.2 Å². The van der Waals surface area contributed by atoms with Gasteiger partial charge in [0.15, 0.2) is 0 Å². The summed E-state index contributed by atoms with van der Waals surface area (Å²) in [5.74, 6) is 0.350. The summed E-state index contributed by atoms with van der Waals surface area (Å²) in [6, 6.07) is 12.1. The highest BCUT2D eigenvalue weighted by Gasteiger charge is 2.29. The van der Waals surface area contributed by atoms with Crippen molar-refractivity contribution in [3.05, 3.63) is 52.5 Å². The predicted molar refractivity (Wildman–Crippen MR) is 100 cm³/mol. The molecule has 0 spiro atoms. The molecule has 2 aromatic carbocycles. The average Bonchev–Trinajstić information content (AvgIpc) is 2.62. The molecular weight excluding hydrogens is 383 g/mol. The number of nitrogens with zero attached hydrogens (tertiary/aromatic N) is 2. The lowest BCUT2D eigenvalue weighted by Gasteiger charge is -2.35. The number of halogens is 2. The molecule has 0 aromatic heterocycles. The van der Waals surface area contributed by atoms with Crippen LogP contribution < -0.4 is 9.64 Å². The third-order valence-electron chi connectivity index (χ3n) is 4.19. The first-order valence-corrected chi connectivity index (χ1v) is 9.95. The number of anilines is 1. The molecule has 1 fully saturated rings. The molecule has 0 amide bonds. The summed E-state index contributed by atoms with van der Waals surface area (Å²) in [7, 11) is -2.12. The van der Waals surface area contributed by atoms with Gasteiger partial charge in [0.25, 0.3) is 0 Å². The summed E-state index contributed by atoms with van der Waals surface area (Å²) in [6.45, 7) is 2.06. The van der Waals surface area contributed by atoms with Gasteiger partial charge in [-0.25, -0.2) is 8.42 Å². The van der Waals surface area contributed by atoms with Crippen molar-refractivity contribution in [1.29, 1.82) is 0 Å². The lowest BCUT2D eigenvalue weighted by atomic mass is 10.2. The third kappa shape index (κ3) is 3.87. The third-order valence-corrected chi connectivity index (χ3v) is 6.65. The van der Waals surface area contributed by atoms with Crippen LogP contribution in [0.2, 0.25) is 10.0 Å². The van der Waals surface area contributed by atoms with E-state index in [9.17, 15) is 8.42 Å². The maximum absolute atomic E-state index is 12.8. The highest BCUT2D eigenvalue weighted by molar-refractivity contribution is 7.89. The van der Waals surface area contributed by atoms with E-state index in [1.165, 1.54) is 29.6 Å². The molecule has 1 saturated heterocycles. The van der Waals surface area contributed by atoms with Gasteiger partial charge in [-0.05, 0) is 36.4 Å². The smallest absolute Gasteiger partial charge is 0.243 e. The van der Waals surface area contributed by atoms with Crippen LogP contribution in [0.5, 0.6) is 5.75 Å². The second-order valence-electron chi connectivity index (χ2n) is 5.66. The maximum Gasteiger partial charge on any atom is 0.243 e. The Balaban J connectivity index is 1.74. The number of piperazine rings is 1. The molecule has 134 valence electrons. The highest BCUT2D eigenvalue weighted by atomic mass is 35.5. The van der Waals surface area contributed by atoms with E-state index in [4.69, 9.17) is 27.9 Å². The average molecular weight is 401 g/mol. The molecule has 2 aromatic rings. The van der Waals surface area contributed by atoms with Crippen LogP contribution >= 0.6 is 23.2 Å². The second-order valence-corrected chi connectivity index (χ2v) is 8.45. The van der Waals surface area contributed by atoms with Gasteiger partial charge in [0.1, 0.15) is 5.75 Å². The molecule has 5 nitrogen and oxygen atoms in total. The van der Waals surface area contributed by atoms with Gasteiger partial charge in [-0.3, -0.25) is 0 Å². The zero-order valence-electron chi connectivity index (χ0n) is 13.7. The summed E-state index contributed by atoms with van der Waals surface area (Å²) in [4.78, 5) is 2.33. The van der Waals surface area contributed by atoms with E-state index in [2.05, 4.69) is 4.90 Å². The van der Waals surface area contributed by atoms with Gasteiger partial charge in [-0.2, -0.15) is 4.31 Å². The molecule has 0 saturated carbocycles. The lowest BCUT2D eigenvalue weighted by molar-refractivity contribution is 0.383. The van der Waals surface area contributed by atoms with Crippen molar-refractivity contribution < 1.29 is 13.2 Å². The van der Waals surface area contributed by atoms with Crippen LogP contribution in [0.15, 0.2) is 47.4 Å². The van der Waals surface area contributed by atoms with Crippen molar-refractivity contribution in [3.63, 3.8) is 0 Å². The van der Waals surface area contributed by atoms with E-state index >= 15 is 0 Å². The van der Waals surface area contributed by atoms with Crippen LogP contribution in [0, 0.1) is 0 Å². The van der Waals surface area contributed by atoms with E-state index in [1.807, 2.05) is 24.3 Å². The Bertz CT molecular complexity index is 849. The molecule has 0 aliphatic carbocycles. The SMILES string of the molecule is COc1cc(S(=O)(=O)N2CCN(c3ccc(Cl)cc3)CC2)ccc1Cl. The normalized spacial score (nSPS) is 16.0. The Morgan fingerprint density at radius 1 is 0.960 bits per heavy atom. The molecule has 8 heteroatoms. The Labute approximate surface area is 157 Å². The fraction of sp³-hybridized carbons (Fsp3) is 0.294. The van der Waals surface area contributed by atoms with E-state index in [0.29, 0.717) is 42.0 Å². The summed E-state index contributed by atoms with van der Waals surface area (Å²) in [6.07, 6.45) is 0. The minimum absolute atomic E-state index is 0.189. The van der Waals surface area contributed by atoms with Gasteiger partial charge in [-0.15, -0.1) is 0 Å². The molecule has 25 heavy (non-hydrogen) atoms. The van der Waals surface area contributed by atoms with Crippen LogP contribution in [0.3, 0.4) is 0 Å². The Hall–Kier alpha value is -1.47. The Kier molecular flexibility index (Phi) is 5.43. The van der Waals surface area contributed by atoms with Crippen molar-refractivity contribution in [2.24, 2.45) is 0 Å². The fourth-order valence-electron chi connectivity index (χ4n) is 2.79. The molecule has 1 aliphatic heterocycles. The number of benzene rings is 2. The monoisotopic (exact) mass is 400 g/mol. The minimum atomic E-state index is -3.58. The van der Waals surface area contributed by atoms with Gasteiger partial charge < -0.3 is 9.64 Å². The standard InChI is InChI=1S/C17H18Cl2N2O3S/c1-24-17-12-15(6-7-16(17)19)25(22,23)21-10-8-20(9-11-21)14-4-2-13(18)3-5-14/h2-7,12H,8-11H2,1H3. The molecule has 0 N–H and O–H groups in total. The molecule has 0 unspecified atom stereocenters. The molecule has 0 radical (unpaired) electrons. The zero-order valence-corrected chi connectivity index (χ0v) is 16.0. The predicted octanol–water partition coefficient (Wildman–Crippen LogP) is 3.51. The van der Waals surface area contributed by atoms with Crippen LogP contribution in [0.4, 0.5) is 5.69 Å². The van der Waals surface area contributed by atoms with E-state index in [1.54, 1.807) is 0 Å². The number of hydrogen-bond acceptors (Lipinski definition) is 4. The topological polar surface area (TPSA) is 49.9 Å². The number of ether oxygens (including phenoxy) is 1. The molecule has 0 atom stereocenters. The Morgan fingerprint density at radius 2 is 1.60 bits per heavy atom. The van der Waals surface area contributed by atoms with Gasteiger partial charge in [0.2, 0.25) is 10.0 Å². The maximum atomic E-state index is 12.8. The molecule has 1 aliphatic rings. The zero-order chi connectivity index (χ0) is 18.0. The highest BCUT2D eigenvalue weighted by Crippen LogP contribution is 2.29. The van der Waals surface area contributed by atoms with Crippen LogP contribution in [-0.2, 0) is 10.0 Å². The largest absolute Gasteiger partial charge is 0.495 e. The van der Waals surface area contributed by atoms with Gasteiger partial charge in [0.05, 0.1) is 17.0 Å². The van der Waals surface area contributed by atoms with Crippen molar-refractivity contribution in [2.75, 3.05) is 38.2 Å². The number of methoxy groups -OCH3 is 1. The van der Waals surface area contributed by atoms with Crippen LogP contribution in [-0.4, -0.2) is 46.0 Å². The molecule has 1 heterocycles. The first kappa shape index (κ1) is 18.3. The first-order chi connectivity index (χ1) is 11.9. The van der Waals surface area contributed by atoms with Crippen molar-refractivity contribution >= 4 is 38.9 Å². The molecule has 3 rings (SSSR count).